The highest BCUT2D eigenvalue weighted by atomic mass is 16.3. The van der Waals surface area contributed by atoms with Crippen LogP contribution >= 0.6 is 0 Å². The zero-order chi connectivity index (χ0) is 13.3. The maximum atomic E-state index is 12.1. The summed E-state index contributed by atoms with van der Waals surface area (Å²) in [6.45, 7) is 0. The van der Waals surface area contributed by atoms with Gasteiger partial charge in [0.05, 0.1) is 6.10 Å². The molecule has 0 atom stereocenters. The molecular weight excluding hydrogens is 236 g/mol. The van der Waals surface area contributed by atoms with Crippen LogP contribution in [0.1, 0.15) is 31.7 Å². The molecule has 7 heteroatoms. The molecule has 1 aromatic rings. The van der Waals surface area contributed by atoms with E-state index in [1.165, 1.54) is 9.13 Å². The first kappa shape index (κ1) is 12.8. The van der Waals surface area contributed by atoms with E-state index in [0.717, 1.165) is 0 Å². The summed E-state index contributed by atoms with van der Waals surface area (Å²) in [6.07, 6.45) is 2.20. The highest BCUT2D eigenvalue weighted by Gasteiger charge is 2.24. The normalized spacial score (nSPS) is 23.9. The lowest BCUT2D eigenvalue weighted by Crippen LogP contribution is -2.44. The summed E-state index contributed by atoms with van der Waals surface area (Å²) < 4.78 is 2.53. The molecular formula is C11H18N4O3. The van der Waals surface area contributed by atoms with E-state index < -0.39 is 5.69 Å². The summed E-state index contributed by atoms with van der Waals surface area (Å²) in [5.74, 6) is 0.261. The summed E-state index contributed by atoms with van der Waals surface area (Å²) in [4.78, 5) is 27.9. The van der Waals surface area contributed by atoms with Crippen LogP contribution in [0.3, 0.4) is 0 Å². The Morgan fingerprint density at radius 1 is 1.28 bits per heavy atom. The monoisotopic (exact) mass is 254 g/mol. The molecule has 100 valence electrons. The van der Waals surface area contributed by atoms with Crippen LogP contribution in [0.4, 0.5) is 5.95 Å². The highest BCUT2D eigenvalue weighted by molar-refractivity contribution is 5.21. The van der Waals surface area contributed by atoms with Gasteiger partial charge in [-0.25, -0.2) is 14.2 Å². The van der Waals surface area contributed by atoms with Gasteiger partial charge in [0.25, 0.3) is 0 Å². The van der Waals surface area contributed by atoms with Crippen molar-refractivity contribution < 1.29 is 5.11 Å². The molecule has 1 fully saturated rings. The van der Waals surface area contributed by atoms with Gasteiger partial charge in [-0.15, -0.1) is 0 Å². The number of aliphatic hydroxyl groups is 1. The molecule has 1 heterocycles. The Hall–Kier alpha value is -1.63. The summed E-state index contributed by atoms with van der Waals surface area (Å²) >= 11 is 0. The van der Waals surface area contributed by atoms with Crippen molar-refractivity contribution >= 4 is 5.95 Å². The molecule has 7 nitrogen and oxygen atoms in total. The lowest BCUT2D eigenvalue weighted by molar-refractivity contribution is 0.108. The standard InChI is InChI=1S/C11H18N4O3/c1-12-9-13-10(17)15(11(18)14(9)2)7-3-5-8(16)6-4-7/h7-8,16H,3-6H2,1-2H3,(H,12,13,17). The van der Waals surface area contributed by atoms with E-state index >= 15 is 0 Å². The molecule has 0 spiro atoms. The highest BCUT2D eigenvalue weighted by Crippen LogP contribution is 2.26. The summed E-state index contributed by atoms with van der Waals surface area (Å²) in [6, 6.07) is -0.155. The zero-order valence-electron chi connectivity index (χ0n) is 10.6. The van der Waals surface area contributed by atoms with Gasteiger partial charge in [-0.3, -0.25) is 4.57 Å². The average Bonchev–Trinajstić information content (AvgIpc) is 2.36. The fourth-order valence-corrected chi connectivity index (χ4v) is 2.41. The van der Waals surface area contributed by atoms with Gasteiger partial charge < -0.3 is 10.4 Å². The Bertz CT molecular complexity index is 540. The van der Waals surface area contributed by atoms with Gasteiger partial charge in [0.1, 0.15) is 0 Å². The van der Waals surface area contributed by atoms with Crippen molar-refractivity contribution in [3.63, 3.8) is 0 Å². The number of hydrogen-bond acceptors (Lipinski definition) is 5. The predicted octanol–water partition coefficient (Wildman–Crippen LogP) is -0.540. The van der Waals surface area contributed by atoms with E-state index in [1.807, 2.05) is 0 Å². The maximum absolute atomic E-state index is 12.1. The van der Waals surface area contributed by atoms with Gasteiger partial charge in [0, 0.05) is 20.1 Å². The van der Waals surface area contributed by atoms with Crippen molar-refractivity contribution in [1.29, 1.82) is 0 Å². The molecule has 0 radical (unpaired) electrons. The SMILES string of the molecule is CNc1nc(=O)n(C2CCC(O)CC2)c(=O)n1C. The van der Waals surface area contributed by atoms with E-state index in [-0.39, 0.29) is 23.8 Å². The van der Waals surface area contributed by atoms with Gasteiger partial charge in [-0.2, -0.15) is 4.98 Å². The minimum absolute atomic E-state index is 0.155. The largest absolute Gasteiger partial charge is 0.393 e. The minimum atomic E-state index is -0.524. The maximum Gasteiger partial charge on any atom is 0.355 e. The third-order valence-corrected chi connectivity index (χ3v) is 3.47. The van der Waals surface area contributed by atoms with Crippen molar-refractivity contribution in [2.75, 3.05) is 12.4 Å². The van der Waals surface area contributed by atoms with Crippen LogP contribution in [0.2, 0.25) is 0 Å². The van der Waals surface area contributed by atoms with Gasteiger partial charge in [-0.05, 0) is 25.7 Å². The van der Waals surface area contributed by atoms with Crippen LogP contribution in [0, 0.1) is 0 Å². The summed E-state index contributed by atoms with van der Waals surface area (Å²) in [5.41, 5.74) is -0.885. The molecule has 18 heavy (non-hydrogen) atoms. The lowest BCUT2D eigenvalue weighted by Gasteiger charge is -2.26. The molecule has 2 rings (SSSR count). The van der Waals surface area contributed by atoms with Crippen LogP contribution in [-0.2, 0) is 7.05 Å². The summed E-state index contributed by atoms with van der Waals surface area (Å²) in [5, 5.41) is 12.2. The van der Waals surface area contributed by atoms with E-state index in [9.17, 15) is 14.7 Å². The first-order chi connectivity index (χ1) is 8.54. The zero-order valence-corrected chi connectivity index (χ0v) is 10.6. The Morgan fingerprint density at radius 3 is 2.44 bits per heavy atom. The van der Waals surface area contributed by atoms with E-state index in [0.29, 0.717) is 25.7 Å². The number of aromatic nitrogens is 3. The van der Waals surface area contributed by atoms with Gasteiger partial charge in [0.2, 0.25) is 5.95 Å². The van der Waals surface area contributed by atoms with Gasteiger partial charge in [0.15, 0.2) is 0 Å². The quantitative estimate of drug-likeness (QED) is 0.740. The second kappa shape index (κ2) is 4.93. The number of nitrogens with one attached hydrogen (secondary N) is 1. The molecule has 1 aliphatic carbocycles. The van der Waals surface area contributed by atoms with Crippen LogP contribution in [-0.4, -0.2) is 32.4 Å². The fourth-order valence-electron chi connectivity index (χ4n) is 2.41. The third-order valence-electron chi connectivity index (χ3n) is 3.47. The third kappa shape index (κ3) is 2.17. The van der Waals surface area contributed by atoms with Gasteiger partial charge >= 0.3 is 11.4 Å². The average molecular weight is 254 g/mol. The first-order valence-corrected chi connectivity index (χ1v) is 6.10. The van der Waals surface area contributed by atoms with Crippen LogP contribution in [0.15, 0.2) is 9.59 Å². The molecule has 0 bridgehead atoms. The second-order valence-corrected chi connectivity index (χ2v) is 4.64. The molecule has 1 aromatic heterocycles. The van der Waals surface area contributed by atoms with Crippen molar-refractivity contribution in [3.8, 4) is 0 Å². The smallest absolute Gasteiger partial charge is 0.355 e. The Balaban J connectivity index is 2.43. The van der Waals surface area contributed by atoms with Crippen molar-refractivity contribution in [1.82, 2.24) is 14.1 Å². The topological polar surface area (TPSA) is 89.2 Å². The molecule has 0 unspecified atom stereocenters. The van der Waals surface area contributed by atoms with Crippen LogP contribution in [0.5, 0.6) is 0 Å². The fraction of sp³-hybridized carbons (Fsp3) is 0.727. The molecule has 0 aromatic carbocycles. The van der Waals surface area contributed by atoms with E-state index in [2.05, 4.69) is 10.3 Å². The molecule has 1 aliphatic rings. The Morgan fingerprint density at radius 2 is 1.89 bits per heavy atom. The Labute approximate surface area is 104 Å². The summed E-state index contributed by atoms with van der Waals surface area (Å²) in [7, 11) is 3.19. The number of hydrogen-bond donors (Lipinski definition) is 2. The number of aliphatic hydroxyl groups excluding tert-OH is 1. The first-order valence-electron chi connectivity index (χ1n) is 6.10. The molecule has 1 saturated carbocycles. The van der Waals surface area contributed by atoms with E-state index in [4.69, 9.17) is 0 Å². The van der Waals surface area contributed by atoms with E-state index in [1.54, 1.807) is 14.1 Å². The van der Waals surface area contributed by atoms with Crippen LogP contribution < -0.4 is 16.7 Å². The van der Waals surface area contributed by atoms with Crippen molar-refractivity contribution in [3.05, 3.63) is 21.0 Å². The molecule has 0 amide bonds. The predicted molar refractivity (Wildman–Crippen MR) is 66.8 cm³/mol. The molecule has 0 saturated heterocycles. The number of anilines is 1. The van der Waals surface area contributed by atoms with Crippen LogP contribution in [0.25, 0.3) is 0 Å². The molecule has 2 N–H and O–H groups in total. The Kier molecular flexibility index (Phi) is 3.51. The minimum Gasteiger partial charge on any atom is -0.393 e. The number of rotatable bonds is 2. The molecule has 0 aliphatic heterocycles. The van der Waals surface area contributed by atoms with Crippen molar-refractivity contribution in [2.24, 2.45) is 7.05 Å². The second-order valence-electron chi connectivity index (χ2n) is 4.64. The number of nitrogens with zero attached hydrogens (tertiary/aromatic N) is 3. The lowest BCUT2D eigenvalue weighted by atomic mass is 9.93. The van der Waals surface area contributed by atoms with Crippen molar-refractivity contribution in [2.45, 2.75) is 37.8 Å². The van der Waals surface area contributed by atoms with Gasteiger partial charge in [-0.1, -0.05) is 0 Å².